The first-order valence-electron chi connectivity index (χ1n) is 22.3. The summed E-state index contributed by atoms with van der Waals surface area (Å²) in [7, 11) is 0. The lowest BCUT2D eigenvalue weighted by atomic mass is 9.93. The lowest BCUT2D eigenvalue weighted by molar-refractivity contribution is 1.28. The first kappa shape index (κ1) is 39.3. The fraction of sp³-hybridized carbons (Fsp3) is 0. The van der Waals surface area contributed by atoms with E-state index >= 15 is 0 Å². The second kappa shape index (κ2) is 17.7. The summed E-state index contributed by atoms with van der Waals surface area (Å²) in [4.78, 5) is 2.37. The maximum atomic E-state index is 2.37. The number of rotatable bonds is 10. The fourth-order valence-corrected chi connectivity index (χ4v) is 9.10. The highest BCUT2D eigenvalue weighted by molar-refractivity contribution is 5.97. The van der Waals surface area contributed by atoms with Gasteiger partial charge >= 0.3 is 0 Å². The predicted molar refractivity (Wildman–Crippen MR) is 277 cm³/mol. The molecule has 0 amide bonds. The number of hydrogen-bond acceptors (Lipinski definition) is 1. The monoisotopic (exact) mass is 827 g/mol. The summed E-state index contributed by atoms with van der Waals surface area (Å²) in [6.07, 6.45) is 0. The van der Waals surface area contributed by atoms with Crippen LogP contribution < -0.4 is 4.90 Å². The molecule has 0 saturated carbocycles. The van der Waals surface area contributed by atoms with Crippen molar-refractivity contribution in [2.45, 2.75) is 0 Å². The molecule has 0 radical (unpaired) electrons. The van der Waals surface area contributed by atoms with E-state index in [9.17, 15) is 0 Å². The van der Waals surface area contributed by atoms with Crippen molar-refractivity contribution in [2.24, 2.45) is 0 Å². The molecule has 11 rings (SSSR count). The quantitative estimate of drug-likeness (QED) is 0.133. The smallest absolute Gasteiger partial charge is 0.0467 e. The number of hydrogen-bond donors (Lipinski definition) is 0. The Hall–Kier alpha value is -8.52. The molecule has 65 heavy (non-hydrogen) atoms. The van der Waals surface area contributed by atoms with E-state index < -0.39 is 0 Å². The van der Waals surface area contributed by atoms with Crippen molar-refractivity contribution in [3.05, 3.63) is 273 Å². The van der Waals surface area contributed by atoms with Gasteiger partial charge in [-0.1, -0.05) is 212 Å². The molecule has 0 aliphatic rings. The van der Waals surface area contributed by atoms with Crippen molar-refractivity contribution in [3.63, 3.8) is 0 Å². The third-order valence-corrected chi connectivity index (χ3v) is 12.5. The van der Waals surface area contributed by atoms with Gasteiger partial charge in [-0.15, -0.1) is 0 Å². The zero-order chi connectivity index (χ0) is 43.4. The van der Waals surface area contributed by atoms with E-state index in [4.69, 9.17) is 0 Å². The Kier molecular flexibility index (Phi) is 10.7. The molecular formula is C64H45N. The van der Waals surface area contributed by atoms with E-state index in [1.165, 1.54) is 77.5 Å². The standard InChI is InChI=1S/C64H45N/c1-4-15-46(16-5-1)49-29-31-50(32-30-49)51-33-37-60(38-34-51)65(62-26-13-24-55(45-62)54-23-12-25-56(41-54)64-28-14-22-53-21-10-11-27-63(53)64)61-39-35-52(36-40-61)59-43-57(47-17-6-2-7-18-47)42-58(44-59)48-19-8-3-9-20-48/h1-45H. The summed E-state index contributed by atoms with van der Waals surface area (Å²) in [6, 6.07) is 98.8. The van der Waals surface area contributed by atoms with E-state index in [-0.39, 0.29) is 0 Å². The van der Waals surface area contributed by atoms with Crippen molar-refractivity contribution >= 4 is 27.8 Å². The SMILES string of the molecule is c1ccc(-c2ccc(-c3ccc(N(c4ccc(-c5cc(-c6ccccc6)cc(-c6ccccc6)c5)cc4)c4cccc(-c5cccc(-c6cccc7ccccc67)c5)c4)cc3)cc2)cc1. The summed E-state index contributed by atoms with van der Waals surface area (Å²) < 4.78 is 0. The first-order valence-corrected chi connectivity index (χ1v) is 22.3. The van der Waals surface area contributed by atoms with Crippen LogP contribution in [-0.4, -0.2) is 0 Å². The Morgan fingerprint density at radius 3 is 1.06 bits per heavy atom. The van der Waals surface area contributed by atoms with E-state index in [1.807, 2.05) is 0 Å². The van der Waals surface area contributed by atoms with Gasteiger partial charge in [-0.25, -0.2) is 0 Å². The topological polar surface area (TPSA) is 3.24 Å². The molecule has 0 fully saturated rings. The number of nitrogens with zero attached hydrogens (tertiary/aromatic N) is 1. The van der Waals surface area contributed by atoms with Crippen LogP contribution in [0.4, 0.5) is 17.1 Å². The molecule has 0 heterocycles. The van der Waals surface area contributed by atoms with Gasteiger partial charge in [-0.3, -0.25) is 0 Å². The van der Waals surface area contributed by atoms with Crippen molar-refractivity contribution in [1.29, 1.82) is 0 Å². The molecule has 0 N–H and O–H groups in total. The third-order valence-electron chi connectivity index (χ3n) is 12.5. The second-order valence-electron chi connectivity index (χ2n) is 16.6. The average Bonchev–Trinajstić information content (AvgIpc) is 3.40. The lowest BCUT2D eigenvalue weighted by Gasteiger charge is -2.26. The highest BCUT2D eigenvalue weighted by atomic mass is 15.1. The molecule has 0 atom stereocenters. The molecule has 0 unspecified atom stereocenters. The molecule has 0 saturated heterocycles. The van der Waals surface area contributed by atoms with Crippen LogP contribution in [0.3, 0.4) is 0 Å². The molecule has 11 aromatic rings. The van der Waals surface area contributed by atoms with E-state index in [0.29, 0.717) is 0 Å². The zero-order valence-corrected chi connectivity index (χ0v) is 35.9. The Labute approximate surface area is 381 Å². The average molecular weight is 828 g/mol. The second-order valence-corrected chi connectivity index (χ2v) is 16.6. The fourth-order valence-electron chi connectivity index (χ4n) is 9.10. The van der Waals surface area contributed by atoms with Gasteiger partial charge in [0.2, 0.25) is 0 Å². The highest BCUT2D eigenvalue weighted by Crippen LogP contribution is 2.40. The van der Waals surface area contributed by atoms with Crippen LogP contribution in [0.2, 0.25) is 0 Å². The Morgan fingerprint density at radius 1 is 0.185 bits per heavy atom. The predicted octanol–water partition coefficient (Wildman–Crippen LogP) is 18.0. The van der Waals surface area contributed by atoms with Gasteiger partial charge in [0.15, 0.2) is 0 Å². The molecule has 0 bridgehead atoms. The van der Waals surface area contributed by atoms with Crippen molar-refractivity contribution < 1.29 is 0 Å². The van der Waals surface area contributed by atoms with Gasteiger partial charge in [0.1, 0.15) is 0 Å². The first-order chi connectivity index (χ1) is 32.2. The van der Waals surface area contributed by atoms with Crippen LogP contribution in [0.5, 0.6) is 0 Å². The van der Waals surface area contributed by atoms with Gasteiger partial charge in [0, 0.05) is 17.1 Å². The Morgan fingerprint density at radius 2 is 0.523 bits per heavy atom. The van der Waals surface area contributed by atoms with Crippen molar-refractivity contribution in [1.82, 2.24) is 0 Å². The summed E-state index contributed by atoms with van der Waals surface area (Å²) in [6.45, 7) is 0. The summed E-state index contributed by atoms with van der Waals surface area (Å²) in [5.74, 6) is 0. The van der Waals surface area contributed by atoms with E-state index in [0.717, 1.165) is 28.2 Å². The molecule has 1 nitrogen and oxygen atoms in total. The minimum absolute atomic E-state index is 1.08. The normalized spacial score (nSPS) is 11.1. The molecule has 306 valence electrons. The van der Waals surface area contributed by atoms with Crippen molar-refractivity contribution in [3.8, 4) is 77.9 Å². The molecule has 0 spiro atoms. The van der Waals surface area contributed by atoms with E-state index in [2.05, 4.69) is 278 Å². The zero-order valence-electron chi connectivity index (χ0n) is 35.9. The number of anilines is 3. The molecular weight excluding hydrogens is 783 g/mol. The molecule has 0 aliphatic carbocycles. The van der Waals surface area contributed by atoms with Gasteiger partial charge in [-0.05, 0) is 149 Å². The van der Waals surface area contributed by atoms with Gasteiger partial charge in [0.05, 0.1) is 0 Å². The minimum Gasteiger partial charge on any atom is -0.310 e. The number of benzene rings is 11. The van der Waals surface area contributed by atoms with Gasteiger partial charge in [-0.2, -0.15) is 0 Å². The van der Waals surface area contributed by atoms with Crippen LogP contribution >= 0.6 is 0 Å². The van der Waals surface area contributed by atoms with Crippen LogP contribution in [0, 0.1) is 0 Å². The summed E-state index contributed by atoms with van der Waals surface area (Å²) in [5.41, 5.74) is 20.0. The molecule has 11 aromatic carbocycles. The summed E-state index contributed by atoms with van der Waals surface area (Å²) >= 11 is 0. The van der Waals surface area contributed by atoms with E-state index in [1.54, 1.807) is 0 Å². The summed E-state index contributed by atoms with van der Waals surface area (Å²) in [5, 5.41) is 2.50. The molecule has 0 aromatic heterocycles. The Balaban J connectivity index is 0.979. The minimum atomic E-state index is 1.08. The van der Waals surface area contributed by atoms with Crippen LogP contribution in [-0.2, 0) is 0 Å². The van der Waals surface area contributed by atoms with Crippen LogP contribution in [0.1, 0.15) is 0 Å². The largest absolute Gasteiger partial charge is 0.310 e. The number of fused-ring (bicyclic) bond motifs is 1. The Bertz CT molecular complexity index is 3310. The lowest BCUT2D eigenvalue weighted by Crippen LogP contribution is -2.10. The van der Waals surface area contributed by atoms with Crippen LogP contribution in [0.15, 0.2) is 273 Å². The highest BCUT2D eigenvalue weighted by Gasteiger charge is 2.16. The maximum Gasteiger partial charge on any atom is 0.0467 e. The van der Waals surface area contributed by atoms with Crippen molar-refractivity contribution in [2.75, 3.05) is 4.90 Å². The van der Waals surface area contributed by atoms with Crippen LogP contribution in [0.25, 0.3) is 88.7 Å². The molecule has 0 aliphatic heterocycles. The molecule has 1 heteroatoms. The maximum absolute atomic E-state index is 2.37. The third kappa shape index (κ3) is 8.27. The van der Waals surface area contributed by atoms with Gasteiger partial charge < -0.3 is 4.90 Å². The van der Waals surface area contributed by atoms with Gasteiger partial charge in [0.25, 0.3) is 0 Å².